The van der Waals surface area contributed by atoms with Gasteiger partial charge in [-0.1, -0.05) is 0 Å². The first-order valence-electron chi connectivity index (χ1n) is 6.34. The average molecular weight is 263 g/mol. The monoisotopic (exact) mass is 263 g/mol. The molecule has 1 aromatic rings. The van der Waals surface area contributed by atoms with E-state index >= 15 is 0 Å². The standard InChI is InChI=1S/C13H17N3O3/c1-9-4-2-3-5-16(9)13(19)15-11-6-10(12(17)18)7-14-8-11/h6-9H,2-5H2,1H3,(H,15,19)(H,17,18). The summed E-state index contributed by atoms with van der Waals surface area (Å²) >= 11 is 0. The van der Waals surface area contributed by atoms with Crippen LogP contribution in [-0.2, 0) is 0 Å². The van der Waals surface area contributed by atoms with E-state index in [0.717, 1.165) is 25.8 Å². The highest BCUT2D eigenvalue weighted by atomic mass is 16.4. The zero-order valence-electron chi connectivity index (χ0n) is 10.8. The van der Waals surface area contributed by atoms with Crippen LogP contribution in [0.5, 0.6) is 0 Å². The first-order chi connectivity index (χ1) is 9.08. The summed E-state index contributed by atoms with van der Waals surface area (Å²) in [6.45, 7) is 2.75. The molecule has 0 spiro atoms. The maximum Gasteiger partial charge on any atom is 0.337 e. The molecule has 0 bridgehead atoms. The number of hydrogen-bond donors (Lipinski definition) is 2. The summed E-state index contributed by atoms with van der Waals surface area (Å²) in [5, 5.41) is 11.6. The van der Waals surface area contributed by atoms with E-state index in [1.54, 1.807) is 4.90 Å². The minimum absolute atomic E-state index is 0.0597. The Morgan fingerprint density at radius 2 is 2.21 bits per heavy atom. The lowest BCUT2D eigenvalue weighted by Gasteiger charge is -2.33. The number of nitrogens with zero attached hydrogens (tertiary/aromatic N) is 2. The SMILES string of the molecule is CC1CCCCN1C(=O)Nc1cncc(C(=O)O)c1. The number of aromatic carboxylic acids is 1. The Kier molecular flexibility index (Phi) is 3.99. The molecule has 1 aromatic heterocycles. The molecule has 2 heterocycles. The molecular weight excluding hydrogens is 246 g/mol. The van der Waals surface area contributed by atoms with Crippen molar-refractivity contribution in [3.63, 3.8) is 0 Å². The van der Waals surface area contributed by atoms with E-state index in [4.69, 9.17) is 5.11 Å². The zero-order valence-corrected chi connectivity index (χ0v) is 10.8. The molecule has 2 rings (SSSR count). The molecule has 1 unspecified atom stereocenters. The predicted octanol–water partition coefficient (Wildman–Crippen LogP) is 2.19. The number of carbonyl (C=O) groups is 2. The highest BCUT2D eigenvalue weighted by Gasteiger charge is 2.23. The number of carbonyl (C=O) groups excluding carboxylic acids is 1. The molecule has 2 N–H and O–H groups in total. The van der Waals surface area contributed by atoms with Crippen LogP contribution in [0.1, 0.15) is 36.5 Å². The van der Waals surface area contributed by atoms with Crippen LogP contribution in [-0.4, -0.2) is 39.6 Å². The maximum absolute atomic E-state index is 12.1. The largest absolute Gasteiger partial charge is 0.478 e. The fourth-order valence-corrected chi connectivity index (χ4v) is 2.22. The van der Waals surface area contributed by atoms with Crippen molar-refractivity contribution in [3.05, 3.63) is 24.0 Å². The quantitative estimate of drug-likeness (QED) is 0.856. The van der Waals surface area contributed by atoms with Gasteiger partial charge in [0.1, 0.15) is 0 Å². The fraction of sp³-hybridized carbons (Fsp3) is 0.462. The summed E-state index contributed by atoms with van der Waals surface area (Å²) in [4.78, 5) is 28.5. The summed E-state index contributed by atoms with van der Waals surface area (Å²) in [7, 11) is 0. The molecule has 1 atom stereocenters. The van der Waals surface area contributed by atoms with E-state index in [-0.39, 0.29) is 17.6 Å². The number of rotatable bonds is 2. The second kappa shape index (κ2) is 5.69. The molecule has 6 nitrogen and oxygen atoms in total. The zero-order chi connectivity index (χ0) is 13.8. The summed E-state index contributed by atoms with van der Waals surface area (Å²) in [5.74, 6) is -1.06. The molecule has 0 saturated carbocycles. The van der Waals surface area contributed by atoms with Gasteiger partial charge in [0.2, 0.25) is 0 Å². The predicted molar refractivity (Wildman–Crippen MR) is 70.2 cm³/mol. The van der Waals surface area contributed by atoms with Crippen LogP contribution in [0.15, 0.2) is 18.5 Å². The van der Waals surface area contributed by atoms with Crippen molar-refractivity contribution in [2.24, 2.45) is 0 Å². The second-order valence-electron chi connectivity index (χ2n) is 4.74. The number of carboxylic acid groups (broad SMARTS) is 1. The van der Waals surface area contributed by atoms with Gasteiger partial charge in [-0.25, -0.2) is 9.59 Å². The summed E-state index contributed by atoms with van der Waals surface area (Å²) in [5.41, 5.74) is 0.465. The summed E-state index contributed by atoms with van der Waals surface area (Å²) in [6, 6.07) is 1.42. The number of anilines is 1. The molecule has 2 amide bonds. The lowest BCUT2D eigenvalue weighted by atomic mass is 10.0. The van der Waals surface area contributed by atoms with E-state index in [2.05, 4.69) is 10.3 Å². The minimum atomic E-state index is -1.06. The summed E-state index contributed by atoms with van der Waals surface area (Å²) in [6.07, 6.45) is 5.84. The molecule has 0 aliphatic carbocycles. The van der Waals surface area contributed by atoms with Gasteiger partial charge in [-0.2, -0.15) is 0 Å². The van der Waals surface area contributed by atoms with Crippen molar-refractivity contribution in [2.75, 3.05) is 11.9 Å². The smallest absolute Gasteiger partial charge is 0.337 e. The summed E-state index contributed by atoms with van der Waals surface area (Å²) < 4.78 is 0. The van der Waals surface area contributed by atoms with Crippen LogP contribution in [0, 0.1) is 0 Å². The second-order valence-corrected chi connectivity index (χ2v) is 4.74. The van der Waals surface area contributed by atoms with E-state index in [1.165, 1.54) is 18.5 Å². The van der Waals surface area contributed by atoms with Crippen molar-refractivity contribution in [1.29, 1.82) is 0 Å². The van der Waals surface area contributed by atoms with Gasteiger partial charge in [-0.3, -0.25) is 4.98 Å². The third kappa shape index (κ3) is 3.21. The molecule has 1 saturated heterocycles. The number of piperidine rings is 1. The fourth-order valence-electron chi connectivity index (χ4n) is 2.22. The molecule has 0 radical (unpaired) electrons. The van der Waals surface area contributed by atoms with Gasteiger partial charge in [0.05, 0.1) is 17.4 Å². The molecule has 6 heteroatoms. The van der Waals surface area contributed by atoms with E-state index in [9.17, 15) is 9.59 Å². The lowest BCUT2D eigenvalue weighted by Crippen LogP contribution is -2.44. The number of amides is 2. The first-order valence-corrected chi connectivity index (χ1v) is 6.34. The molecule has 102 valence electrons. The Morgan fingerprint density at radius 3 is 2.89 bits per heavy atom. The van der Waals surface area contributed by atoms with Crippen LogP contribution in [0.25, 0.3) is 0 Å². The van der Waals surface area contributed by atoms with Crippen LogP contribution in [0.4, 0.5) is 10.5 Å². The van der Waals surface area contributed by atoms with Gasteiger partial charge in [0.15, 0.2) is 0 Å². The highest BCUT2D eigenvalue weighted by Crippen LogP contribution is 2.18. The number of carboxylic acids is 1. The Morgan fingerprint density at radius 1 is 1.42 bits per heavy atom. The molecule has 1 fully saturated rings. The normalized spacial score (nSPS) is 19.0. The molecule has 0 aromatic carbocycles. The van der Waals surface area contributed by atoms with Crippen LogP contribution in [0.3, 0.4) is 0 Å². The maximum atomic E-state index is 12.1. The van der Waals surface area contributed by atoms with Crippen molar-refractivity contribution in [3.8, 4) is 0 Å². The number of urea groups is 1. The van der Waals surface area contributed by atoms with Gasteiger partial charge in [-0.15, -0.1) is 0 Å². The van der Waals surface area contributed by atoms with Crippen LogP contribution in [0.2, 0.25) is 0 Å². The van der Waals surface area contributed by atoms with Gasteiger partial charge in [-0.05, 0) is 32.3 Å². The lowest BCUT2D eigenvalue weighted by molar-refractivity contribution is 0.0696. The number of pyridine rings is 1. The topological polar surface area (TPSA) is 82.5 Å². The Labute approximate surface area is 111 Å². The van der Waals surface area contributed by atoms with Crippen molar-refractivity contribution in [1.82, 2.24) is 9.88 Å². The van der Waals surface area contributed by atoms with Crippen LogP contribution >= 0.6 is 0 Å². The van der Waals surface area contributed by atoms with Gasteiger partial charge >= 0.3 is 12.0 Å². The van der Waals surface area contributed by atoms with Gasteiger partial charge in [0, 0.05) is 18.8 Å². The third-order valence-corrected chi connectivity index (χ3v) is 3.30. The van der Waals surface area contributed by atoms with E-state index in [0.29, 0.717) is 5.69 Å². The number of aromatic nitrogens is 1. The van der Waals surface area contributed by atoms with E-state index < -0.39 is 5.97 Å². The Bertz CT molecular complexity index is 490. The number of hydrogen-bond acceptors (Lipinski definition) is 3. The average Bonchev–Trinajstić information content (AvgIpc) is 2.39. The van der Waals surface area contributed by atoms with Gasteiger partial charge < -0.3 is 15.3 Å². The highest BCUT2D eigenvalue weighted by molar-refractivity contribution is 5.92. The van der Waals surface area contributed by atoms with Crippen molar-refractivity contribution in [2.45, 2.75) is 32.2 Å². The molecular formula is C13H17N3O3. The van der Waals surface area contributed by atoms with Crippen molar-refractivity contribution < 1.29 is 14.7 Å². The minimum Gasteiger partial charge on any atom is -0.478 e. The molecule has 19 heavy (non-hydrogen) atoms. The number of nitrogens with one attached hydrogen (secondary N) is 1. The molecule has 1 aliphatic heterocycles. The Balaban J connectivity index is 2.06. The van der Waals surface area contributed by atoms with Crippen molar-refractivity contribution >= 4 is 17.7 Å². The number of likely N-dealkylation sites (tertiary alicyclic amines) is 1. The van der Waals surface area contributed by atoms with Crippen LogP contribution < -0.4 is 5.32 Å². The van der Waals surface area contributed by atoms with Gasteiger partial charge in [0.25, 0.3) is 0 Å². The molecule has 1 aliphatic rings. The third-order valence-electron chi connectivity index (χ3n) is 3.30. The first kappa shape index (κ1) is 13.3. The Hall–Kier alpha value is -2.11. The van der Waals surface area contributed by atoms with E-state index in [1.807, 2.05) is 6.92 Å².